The first-order chi connectivity index (χ1) is 7.63. The van der Waals surface area contributed by atoms with Crippen LogP contribution in [-0.2, 0) is 4.79 Å². The van der Waals surface area contributed by atoms with E-state index in [9.17, 15) is 4.79 Å². The number of carbonyl (C=O) groups is 1. The van der Waals surface area contributed by atoms with Gasteiger partial charge in [0, 0.05) is 13.0 Å². The van der Waals surface area contributed by atoms with E-state index in [-0.39, 0.29) is 19.1 Å². The highest BCUT2D eigenvalue weighted by Crippen LogP contribution is 2.14. The van der Waals surface area contributed by atoms with E-state index >= 15 is 0 Å². The lowest BCUT2D eigenvalue weighted by atomic mass is 9.96. The van der Waals surface area contributed by atoms with Crippen molar-refractivity contribution < 1.29 is 15.0 Å². The van der Waals surface area contributed by atoms with Crippen molar-refractivity contribution in [2.75, 3.05) is 19.7 Å². The van der Waals surface area contributed by atoms with Crippen molar-refractivity contribution in [3.63, 3.8) is 0 Å². The summed E-state index contributed by atoms with van der Waals surface area (Å²) in [5.74, 6) is 0.418. The van der Waals surface area contributed by atoms with Crippen molar-refractivity contribution >= 4 is 5.91 Å². The second kappa shape index (κ2) is 9.57. The molecule has 0 aliphatic carbocycles. The molecule has 0 spiro atoms. The normalized spacial score (nSPS) is 14.5. The van der Waals surface area contributed by atoms with E-state index in [4.69, 9.17) is 15.9 Å². The molecule has 0 saturated carbocycles. The second-order valence-corrected chi connectivity index (χ2v) is 4.03. The minimum Gasteiger partial charge on any atom is -0.394 e. The molecule has 0 radical (unpaired) electrons. The van der Waals surface area contributed by atoms with Gasteiger partial charge in [-0.05, 0) is 25.3 Å². The summed E-state index contributed by atoms with van der Waals surface area (Å²) in [6.45, 7) is 2.53. The molecule has 0 aliphatic rings. The van der Waals surface area contributed by atoms with Gasteiger partial charge in [-0.2, -0.15) is 0 Å². The minimum absolute atomic E-state index is 0.0806. The standard InChI is InChI=1S/C11H24N2O3/c1-2-9(5-6-12)3-4-11(16)13-7-10(15)8-14/h9-10,14-15H,2-8,12H2,1H3,(H,13,16). The second-order valence-electron chi connectivity index (χ2n) is 4.03. The molecule has 2 atom stereocenters. The molecular weight excluding hydrogens is 208 g/mol. The Bertz CT molecular complexity index is 188. The fourth-order valence-corrected chi connectivity index (χ4v) is 1.51. The summed E-state index contributed by atoms with van der Waals surface area (Å²) < 4.78 is 0. The Labute approximate surface area is 97.0 Å². The molecule has 0 heterocycles. The largest absolute Gasteiger partial charge is 0.394 e. The van der Waals surface area contributed by atoms with Crippen LogP contribution in [0.2, 0.25) is 0 Å². The maximum absolute atomic E-state index is 11.4. The molecule has 0 bridgehead atoms. The summed E-state index contributed by atoms with van der Waals surface area (Å²) in [5.41, 5.74) is 5.47. The van der Waals surface area contributed by atoms with Crippen molar-refractivity contribution in [3.8, 4) is 0 Å². The molecule has 5 nitrogen and oxygen atoms in total. The highest BCUT2D eigenvalue weighted by Gasteiger charge is 2.10. The number of amides is 1. The molecule has 5 N–H and O–H groups in total. The van der Waals surface area contributed by atoms with Crippen LogP contribution in [0.15, 0.2) is 0 Å². The van der Waals surface area contributed by atoms with E-state index in [2.05, 4.69) is 12.2 Å². The van der Waals surface area contributed by atoms with Crippen molar-refractivity contribution in [2.45, 2.75) is 38.7 Å². The van der Waals surface area contributed by atoms with Gasteiger partial charge in [0.25, 0.3) is 0 Å². The summed E-state index contributed by atoms with van der Waals surface area (Å²) in [4.78, 5) is 11.4. The Morgan fingerprint density at radius 3 is 2.62 bits per heavy atom. The summed E-state index contributed by atoms with van der Waals surface area (Å²) in [7, 11) is 0. The first-order valence-corrected chi connectivity index (χ1v) is 5.89. The molecule has 16 heavy (non-hydrogen) atoms. The third-order valence-electron chi connectivity index (χ3n) is 2.68. The topological polar surface area (TPSA) is 95.6 Å². The van der Waals surface area contributed by atoms with Crippen LogP contribution in [0.5, 0.6) is 0 Å². The van der Waals surface area contributed by atoms with Crippen LogP contribution < -0.4 is 11.1 Å². The van der Waals surface area contributed by atoms with Gasteiger partial charge in [-0.3, -0.25) is 4.79 Å². The van der Waals surface area contributed by atoms with E-state index in [0.29, 0.717) is 18.9 Å². The quantitative estimate of drug-likeness (QED) is 0.435. The average molecular weight is 232 g/mol. The molecule has 0 fully saturated rings. The lowest BCUT2D eigenvalue weighted by molar-refractivity contribution is -0.122. The summed E-state index contributed by atoms with van der Waals surface area (Å²) in [6.07, 6.45) is 2.40. The molecule has 5 heteroatoms. The highest BCUT2D eigenvalue weighted by molar-refractivity contribution is 5.75. The predicted molar refractivity (Wildman–Crippen MR) is 62.8 cm³/mol. The molecule has 96 valence electrons. The van der Waals surface area contributed by atoms with Gasteiger partial charge in [-0.1, -0.05) is 13.3 Å². The number of hydrogen-bond donors (Lipinski definition) is 4. The Kier molecular flexibility index (Phi) is 9.18. The van der Waals surface area contributed by atoms with Crippen LogP contribution in [0.25, 0.3) is 0 Å². The average Bonchev–Trinajstić information content (AvgIpc) is 2.31. The number of nitrogens with one attached hydrogen (secondary N) is 1. The van der Waals surface area contributed by atoms with E-state index in [1.807, 2.05) is 0 Å². The number of aliphatic hydroxyl groups excluding tert-OH is 2. The zero-order valence-electron chi connectivity index (χ0n) is 9.98. The lowest BCUT2D eigenvalue weighted by Gasteiger charge is -2.13. The van der Waals surface area contributed by atoms with E-state index in [1.54, 1.807) is 0 Å². The van der Waals surface area contributed by atoms with E-state index < -0.39 is 6.10 Å². The number of rotatable bonds is 9. The molecule has 0 aromatic rings. The SMILES string of the molecule is CCC(CCN)CCC(=O)NCC(O)CO. The molecule has 1 amide bonds. The Balaban J connectivity index is 3.62. The minimum atomic E-state index is -0.866. The summed E-state index contributed by atoms with van der Waals surface area (Å²) in [6, 6.07) is 0. The van der Waals surface area contributed by atoms with Crippen LogP contribution in [0.4, 0.5) is 0 Å². The molecule has 0 aliphatic heterocycles. The molecule has 0 aromatic heterocycles. The number of aliphatic hydroxyl groups is 2. The van der Waals surface area contributed by atoms with Crippen molar-refractivity contribution in [2.24, 2.45) is 11.7 Å². The molecule has 2 unspecified atom stereocenters. The highest BCUT2D eigenvalue weighted by atomic mass is 16.3. The zero-order valence-corrected chi connectivity index (χ0v) is 9.98. The van der Waals surface area contributed by atoms with Crippen LogP contribution in [0, 0.1) is 5.92 Å². The Morgan fingerprint density at radius 2 is 2.12 bits per heavy atom. The molecule has 0 aromatic carbocycles. The van der Waals surface area contributed by atoms with E-state index in [0.717, 1.165) is 19.3 Å². The first-order valence-electron chi connectivity index (χ1n) is 5.89. The summed E-state index contributed by atoms with van der Waals surface area (Å²) >= 11 is 0. The third-order valence-corrected chi connectivity index (χ3v) is 2.68. The number of nitrogens with two attached hydrogens (primary N) is 1. The van der Waals surface area contributed by atoms with Gasteiger partial charge in [-0.25, -0.2) is 0 Å². The van der Waals surface area contributed by atoms with Gasteiger partial charge in [-0.15, -0.1) is 0 Å². The smallest absolute Gasteiger partial charge is 0.220 e. The first kappa shape index (κ1) is 15.3. The van der Waals surface area contributed by atoms with Crippen LogP contribution >= 0.6 is 0 Å². The Hall–Kier alpha value is -0.650. The zero-order chi connectivity index (χ0) is 12.4. The van der Waals surface area contributed by atoms with Gasteiger partial charge < -0.3 is 21.3 Å². The van der Waals surface area contributed by atoms with Crippen LogP contribution in [-0.4, -0.2) is 41.9 Å². The maximum atomic E-state index is 11.4. The third kappa shape index (κ3) is 7.62. The maximum Gasteiger partial charge on any atom is 0.220 e. The predicted octanol–water partition coefficient (Wildman–Crippen LogP) is -0.389. The number of carbonyl (C=O) groups excluding carboxylic acids is 1. The monoisotopic (exact) mass is 232 g/mol. The molecular formula is C11H24N2O3. The number of hydrogen-bond acceptors (Lipinski definition) is 4. The van der Waals surface area contributed by atoms with Crippen LogP contribution in [0.3, 0.4) is 0 Å². The van der Waals surface area contributed by atoms with Gasteiger partial charge in [0.05, 0.1) is 12.7 Å². The van der Waals surface area contributed by atoms with Crippen LogP contribution in [0.1, 0.15) is 32.6 Å². The van der Waals surface area contributed by atoms with Crippen molar-refractivity contribution in [1.29, 1.82) is 0 Å². The lowest BCUT2D eigenvalue weighted by Crippen LogP contribution is -2.34. The Morgan fingerprint density at radius 1 is 1.44 bits per heavy atom. The van der Waals surface area contributed by atoms with Crippen molar-refractivity contribution in [3.05, 3.63) is 0 Å². The fourth-order valence-electron chi connectivity index (χ4n) is 1.51. The van der Waals surface area contributed by atoms with Crippen molar-refractivity contribution in [1.82, 2.24) is 5.32 Å². The summed E-state index contributed by atoms with van der Waals surface area (Å²) in [5, 5.41) is 20.2. The fraction of sp³-hybridized carbons (Fsp3) is 0.909. The van der Waals surface area contributed by atoms with Gasteiger partial charge in [0.2, 0.25) is 5.91 Å². The molecule has 0 saturated heterocycles. The van der Waals surface area contributed by atoms with Gasteiger partial charge in [0.1, 0.15) is 0 Å². The molecule has 0 rings (SSSR count). The van der Waals surface area contributed by atoms with Gasteiger partial charge >= 0.3 is 0 Å². The van der Waals surface area contributed by atoms with Gasteiger partial charge in [0.15, 0.2) is 0 Å². The van der Waals surface area contributed by atoms with E-state index in [1.165, 1.54) is 0 Å².